The molecule has 1 N–H and O–H groups in total. The van der Waals surface area contributed by atoms with E-state index in [1.54, 1.807) is 0 Å². The van der Waals surface area contributed by atoms with Gasteiger partial charge in [0.2, 0.25) is 0 Å². The van der Waals surface area contributed by atoms with Gasteiger partial charge in [-0.05, 0) is 31.3 Å². The maximum atomic E-state index is 13.8. The Morgan fingerprint density at radius 3 is 2.82 bits per heavy atom. The number of hydrogen-bond acceptors (Lipinski definition) is 4. The van der Waals surface area contributed by atoms with Crippen LogP contribution >= 0.6 is 11.8 Å². The zero-order valence-electron chi connectivity index (χ0n) is 10.7. The van der Waals surface area contributed by atoms with E-state index in [-0.39, 0.29) is 11.9 Å². The molecular formula is C12H20FN3S. The Bertz CT molecular complexity index is 347. The van der Waals surface area contributed by atoms with Gasteiger partial charge in [0.25, 0.3) is 0 Å². The van der Waals surface area contributed by atoms with Gasteiger partial charge in [0.1, 0.15) is 6.33 Å². The molecule has 1 unspecified atom stereocenters. The van der Waals surface area contributed by atoms with Crippen molar-refractivity contribution in [3.8, 4) is 0 Å². The summed E-state index contributed by atoms with van der Waals surface area (Å²) in [4.78, 5) is 7.86. The lowest BCUT2D eigenvalue weighted by Crippen LogP contribution is -2.18. The van der Waals surface area contributed by atoms with E-state index in [4.69, 9.17) is 0 Å². The van der Waals surface area contributed by atoms with Crippen LogP contribution in [-0.4, -0.2) is 27.5 Å². The standard InChI is InChI=1S/C12H20FN3S/c1-4-10-11(13)12(15-8-14-10)16-9(3)6-7-17-5-2/h8-9H,4-7H2,1-3H3,(H,14,15,16). The highest BCUT2D eigenvalue weighted by Gasteiger charge is 2.11. The second-order valence-electron chi connectivity index (χ2n) is 3.87. The molecule has 0 aliphatic heterocycles. The molecular weight excluding hydrogens is 237 g/mol. The van der Waals surface area contributed by atoms with Crippen molar-refractivity contribution in [3.63, 3.8) is 0 Å². The Labute approximate surface area is 107 Å². The molecule has 0 amide bonds. The Balaban J connectivity index is 2.55. The van der Waals surface area contributed by atoms with Gasteiger partial charge in [0.05, 0.1) is 5.69 Å². The summed E-state index contributed by atoms with van der Waals surface area (Å²) in [6, 6.07) is 0.225. The van der Waals surface area contributed by atoms with Crippen LogP contribution < -0.4 is 5.32 Å². The monoisotopic (exact) mass is 257 g/mol. The molecule has 0 aliphatic rings. The molecule has 0 aliphatic carbocycles. The lowest BCUT2D eigenvalue weighted by Gasteiger charge is -2.15. The van der Waals surface area contributed by atoms with E-state index < -0.39 is 0 Å². The van der Waals surface area contributed by atoms with Crippen molar-refractivity contribution in [3.05, 3.63) is 17.8 Å². The molecule has 0 aromatic carbocycles. The Morgan fingerprint density at radius 1 is 1.41 bits per heavy atom. The summed E-state index contributed by atoms with van der Waals surface area (Å²) in [5.41, 5.74) is 0.470. The first kappa shape index (κ1) is 14.2. The summed E-state index contributed by atoms with van der Waals surface area (Å²) in [7, 11) is 0. The van der Waals surface area contributed by atoms with Crippen molar-refractivity contribution in [1.82, 2.24) is 9.97 Å². The molecule has 96 valence electrons. The number of halogens is 1. The van der Waals surface area contributed by atoms with Crippen LogP contribution in [-0.2, 0) is 6.42 Å². The van der Waals surface area contributed by atoms with Crippen LogP contribution in [0.4, 0.5) is 10.2 Å². The summed E-state index contributed by atoms with van der Waals surface area (Å²) in [6.45, 7) is 6.07. The maximum Gasteiger partial charge on any atom is 0.186 e. The molecule has 1 aromatic heterocycles. The molecule has 3 nitrogen and oxygen atoms in total. The minimum absolute atomic E-state index is 0.225. The van der Waals surface area contributed by atoms with Crippen LogP contribution in [0, 0.1) is 5.82 Å². The molecule has 17 heavy (non-hydrogen) atoms. The van der Waals surface area contributed by atoms with Gasteiger partial charge in [-0.3, -0.25) is 0 Å². The van der Waals surface area contributed by atoms with Crippen LogP contribution in [0.25, 0.3) is 0 Å². The van der Waals surface area contributed by atoms with Gasteiger partial charge in [0, 0.05) is 6.04 Å². The molecule has 5 heteroatoms. The van der Waals surface area contributed by atoms with Gasteiger partial charge in [0.15, 0.2) is 11.6 Å². The summed E-state index contributed by atoms with van der Waals surface area (Å²) in [5.74, 6) is 2.21. The van der Waals surface area contributed by atoms with E-state index in [0.29, 0.717) is 17.9 Å². The number of hydrogen-bond donors (Lipinski definition) is 1. The number of aryl methyl sites for hydroxylation is 1. The highest BCUT2D eigenvalue weighted by molar-refractivity contribution is 7.99. The van der Waals surface area contributed by atoms with Crippen LogP contribution in [0.3, 0.4) is 0 Å². The molecule has 1 aromatic rings. The maximum absolute atomic E-state index is 13.8. The predicted octanol–water partition coefficient (Wildman–Crippen LogP) is 3.12. The largest absolute Gasteiger partial charge is 0.365 e. The van der Waals surface area contributed by atoms with Gasteiger partial charge in [-0.25, -0.2) is 14.4 Å². The Morgan fingerprint density at radius 2 is 2.18 bits per heavy atom. The first-order valence-electron chi connectivity index (χ1n) is 6.02. The van der Waals surface area contributed by atoms with E-state index in [1.165, 1.54) is 6.33 Å². The van der Waals surface area contributed by atoms with Crippen LogP contribution in [0.2, 0.25) is 0 Å². The normalized spacial score (nSPS) is 12.5. The lowest BCUT2D eigenvalue weighted by atomic mass is 10.2. The van der Waals surface area contributed by atoms with Crippen LogP contribution in [0.15, 0.2) is 6.33 Å². The number of nitrogens with zero attached hydrogens (tertiary/aromatic N) is 2. The summed E-state index contributed by atoms with van der Waals surface area (Å²) in [6.07, 6.45) is 3.00. The second kappa shape index (κ2) is 7.48. The lowest BCUT2D eigenvalue weighted by molar-refractivity contribution is 0.592. The minimum Gasteiger partial charge on any atom is -0.365 e. The highest BCUT2D eigenvalue weighted by Crippen LogP contribution is 2.15. The fourth-order valence-corrected chi connectivity index (χ4v) is 2.27. The van der Waals surface area contributed by atoms with Crippen molar-refractivity contribution in [1.29, 1.82) is 0 Å². The molecule has 0 bridgehead atoms. The third kappa shape index (κ3) is 4.50. The van der Waals surface area contributed by atoms with E-state index in [1.807, 2.05) is 25.6 Å². The molecule has 1 rings (SSSR count). The van der Waals surface area contributed by atoms with Gasteiger partial charge in [-0.2, -0.15) is 11.8 Å². The van der Waals surface area contributed by atoms with Crippen molar-refractivity contribution in [2.24, 2.45) is 0 Å². The van der Waals surface area contributed by atoms with Gasteiger partial charge in [-0.15, -0.1) is 0 Å². The van der Waals surface area contributed by atoms with Crippen LogP contribution in [0.1, 0.15) is 32.9 Å². The minimum atomic E-state index is -0.315. The van der Waals surface area contributed by atoms with Gasteiger partial charge < -0.3 is 5.32 Å². The van der Waals surface area contributed by atoms with E-state index in [0.717, 1.165) is 17.9 Å². The molecule has 0 spiro atoms. The van der Waals surface area contributed by atoms with Crippen molar-refractivity contribution in [2.45, 2.75) is 39.7 Å². The fraction of sp³-hybridized carbons (Fsp3) is 0.667. The highest BCUT2D eigenvalue weighted by atomic mass is 32.2. The quantitative estimate of drug-likeness (QED) is 0.762. The first-order chi connectivity index (χ1) is 8.19. The Kier molecular flexibility index (Phi) is 6.26. The van der Waals surface area contributed by atoms with Crippen molar-refractivity contribution in [2.75, 3.05) is 16.8 Å². The third-order valence-corrected chi connectivity index (χ3v) is 3.41. The van der Waals surface area contributed by atoms with E-state index in [2.05, 4.69) is 22.2 Å². The van der Waals surface area contributed by atoms with E-state index in [9.17, 15) is 4.39 Å². The van der Waals surface area contributed by atoms with E-state index >= 15 is 0 Å². The van der Waals surface area contributed by atoms with Crippen LogP contribution in [0.5, 0.6) is 0 Å². The zero-order chi connectivity index (χ0) is 12.7. The van der Waals surface area contributed by atoms with Gasteiger partial charge in [-0.1, -0.05) is 13.8 Å². The molecule has 0 fully saturated rings. The molecule has 1 atom stereocenters. The topological polar surface area (TPSA) is 37.8 Å². The molecule has 0 saturated carbocycles. The number of aromatic nitrogens is 2. The molecule has 0 saturated heterocycles. The second-order valence-corrected chi connectivity index (χ2v) is 5.26. The zero-order valence-corrected chi connectivity index (χ0v) is 11.5. The number of thioether (sulfide) groups is 1. The summed E-state index contributed by atoms with van der Waals surface area (Å²) >= 11 is 1.89. The summed E-state index contributed by atoms with van der Waals surface area (Å²) in [5, 5.41) is 3.10. The summed E-state index contributed by atoms with van der Waals surface area (Å²) < 4.78 is 13.8. The van der Waals surface area contributed by atoms with Crippen molar-refractivity contribution >= 4 is 17.6 Å². The Hall–Kier alpha value is -0.840. The van der Waals surface area contributed by atoms with Crippen molar-refractivity contribution < 1.29 is 4.39 Å². The average Bonchev–Trinajstić information content (AvgIpc) is 2.32. The van der Waals surface area contributed by atoms with Gasteiger partial charge >= 0.3 is 0 Å². The SMILES string of the molecule is CCSCCC(C)Nc1ncnc(CC)c1F. The average molecular weight is 257 g/mol. The number of anilines is 1. The first-order valence-corrected chi connectivity index (χ1v) is 7.18. The fourth-order valence-electron chi connectivity index (χ4n) is 1.46. The predicted molar refractivity (Wildman–Crippen MR) is 72.1 cm³/mol. The molecule has 0 radical (unpaired) electrons. The third-order valence-electron chi connectivity index (χ3n) is 2.48. The smallest absolute Gasteiger partial charge is 0.186 e. The molecule has 1 heterocycles. The number of nitrogens with one attached hydrogen (secondary N) is 1. The number of rotatable bonds is 7.